The lowest BCUT2D eigenvalue weighted by atomic mass is 10.1. The Labute approximate surface area is 114 Å². The van der Waals surface area contributed by atoms with Crippen LogP contribution in [0.1, 0.15) is 25.8 Å². The molecule has 0 saturated carbocycles. The van der Waals surface area contributed by atoms with Gasteiger partial charge in [-0.1, -0.05) is 19.1 Å². The summed E-state index contributed by atoms with van der Waals surface area (Å²) in [7, 11) is 2.07. The molecule has 0 heterocycles. The van der Waals surface area contributed by atoms with Crippen molar-refractivity contribution in [3.8, 4) is 0 Å². The predicted molar refractivity (Wildman–Crippen MR) is 78.7 cm³/mol. The number of likely N-dealkylation sites (N-methyl/N-ethyl adjacent to an activating group) is 1. The first-order valence-electron chi connectivity index (χ1n) is 6.65. The highest BCUT2D eigenvalue weighted by atomic mass is 16.6. The summed E-state index contributed by atoms with van der Waals surface area (Å²) in [6.07, 6.45) is 1.10. The Morgan fingerprint density at radius 1 is 1.47 bits per heavy atom. The zero-order valence-electron chi connectivity index (χ0n) is 12.1. The number of benzene rings is 1. The van der Waals surface area contributed by atoms with Gasteiger partial charge in [-0.05, 0) is 32.9 Å². The van der Waals surface area contributed by atoms with Crippen molar-refractivity contribution in [2.24, 2.45) is 0 Å². The molecule has 0 fully saturated rings. The third-order valence-corrected chi connectivity index (χ3v) is 3.56. The third-order valence-electron chi connectivity index (χ3n) is 3.56. The standard InChI is InChI=1S/C14H23N3O2/c1-5-12(3)16(4)10-9-15-14-11(2)7-6-8-13(14)17(18)19/h6-8,12,15H,5,9-10H2,1-4H3. The normalized spacial score (nSPS) is 12.5. The highest BCUT2D eigenvalue weighted by Crippen LogP contribution is 2.27. The molecule has 1 aromatic carbocycles. The van der Waals surface area contributed by atoms with Gasteiger partial charge in [0.15, 0.2) is 0 Å². The number of nitro benzene ring substituents is 1. The van der Waals surface area contributed by atoms with Crippen molar-refractivity contribution >= 4 is 11.4 Å². The molecule has 1 unspecified atom stereocenters. The van der Waals surface area contributed by atoms with Gasteiger partial charge in [-0.25, -0.2) is 0 Å². The number of para-hydroxylation sites is 1. The van der Waals surface area contributed by atoms with E-state index < -0.39 is 0 Å². The van der Waals surface area contributed by atoms with Crippen molar-refractivity contribution in [2.45, 2.75) is 33.2 Å². The number of aryl methyl sites for hydroxylation is 1. The van der Waals surface area contributed by atoms with E-state index in [1.165, 1.54) is 6.07 Å². The van der Waals surface area contributed by atoms with Crippen LogP contribution in [0.3, 0.4) is 0 Å². The molecule has 0 bridgehead atoms. The average molecular weight is 265 g/mol. The van der Waals surface area contributed by atoms with Gasteiger partial charge in [0, 0.05) is 25.2 Å². The maximum absolute atomic E-state index is 11.0. The summed E-state index contributed by atoms with van der Waals surface area (Å²) in [6, 6.07) is 5.65. The zero-order valence-corrected chi connectivity index (χ0v) is 12.1. The van der Waals surface area contributed by atoms with E-state index in [1.807, 2.05) is 13.0 Å². The van der Waals surface area contributed by atoms with Gasteiger partial charge in [0.25, 0.3) is 5.69 Å². The number of anilines is 1. The molecular weight excluding hydrogens is 242 g/mol. The summed E-state index contributed by atoms with van der Waals surface area (Å²) in [5, 5.41) is 14.2. The van der Waals surface area contributed by atoms with E-state index >= 15 is 0 Å². The topological polar surface area (TPSA) is 58.4 Å². The average Bonchev–Trinajstić information content (AvgIpc) is 2.39. The number of nitrogens with zero attached hydrogens (tertiary/aromatic N) is 2. The van der Waals surface area contributed by atoms with Crippen molar-refractivity contribution in [1.29, 1.82) is 0 Å². The molecule has 1 aromatic rings. The van der Waals surface area contributed by atoms with Crippen LogP contribution in [0, 0.1) is 17.0 Å². The minimum atomic E-state index is -0.340. The lowest BCUT2D eigenvalue weighted by Crippen LogP contribution is -2.32. The Hall–Kier alpha value is -1.62. The molecule has 5 heteroatoms. The highest BCUT2D eigenvalue weighted by Gasteiger charge is 2.15. The molecule has 0 aliphatic heterocycles. The smallest absolute Gasteiger partial charge is 0.292 e. The summed E-state index contributed by atoms with van der Waals surface area (Å²) >= 11 is 0. The predicted octanol–water partition coefficient (Wildman–Crippen LogP) is 3.05. The second-order valence-corrected chi connectivity index (χ2v) is 4.89. The maximum atomic E-state index is 11.0. The van der Waals surface area contributed by atoms with Crippen LogP contribution in [0.4, 0.5) is 11.4 Å². The van der Waals surface area contributed by atoms with Crippen molar-refractivity contribution in [3.63, 3.8) is 0 Å². The first kappa shape index (κ1) is 15.4. The molecule has 5 nitrogen and oxygen atoms in total. The fourth-order valence-electron chi connectivity index (χ4n) is 1.92. The molecule has 1 atom stereocenters. The fraction of sp³-hybridized carbons (Fsp3) is 0.571. The van der Waals surface area contributed by atoms with Gasteiger partial charge in [-0.15, -0.1) is 0 Å². The Balaban J connectivity index is 2.65. The number of rotatable bonds is 7. The molecule has 0 amide bonds. The van der Waals surface area contributed by atoms with Gasteiger partial charge < -0.3 is 10.2 Å². The fourth-order valence-corrected chi connectivity index (χ4v) is 1.92. The van der Waals surface area contributed by atoms with Crippen LogP contribution in [0.25, 0.3) is 0 Å². The van der Waals surface area contributed by atoms with Crippen molar-refractivity contribution in [3.05, 3.63) is 33.9 Å². The summed E-state index contributed by atoms with van der Waals surface area (Å²) in [5.74, 6) is 0. The van der Waals surface area contributed by atoms with Gasteiger partial charge in [0.05, 0.1) is 4.92 Å². The number of hydrogen-bond donors (Lipinski definition) is 1. The lowest BCUT2D eigenvalue weighted by Gasteiger charge is -2.23. The molecule has 0 aromatic heterocycles. The molecule has 1 N–H and O–H groups in total. The van der Waals surface area contributed by atoms with Crippen LogP contribution in [0.15, 0.2) is 18.2 Å². The first-order valence-corrected chi connectivity index (χ1v) is 6.65. The monoisotopic (exact) mass is 265 g/mol. The maximum Gasteiger partial charge on any atom is 0.292 e. The number of hydrogen-bond acceptors (Lipinski definition) is 4. The van der Waals surface area contributed by atoms with Gasteiger partial charge in [0.1, 0.15) is 5.69 Å². The van der Waals surface area contributed by atoms with Gasteiger partial charge in [0.2, 0.25) is 0 Å². The SMILES string of the molecule is CCC(C)N(C)CCNc1c(C)cccc1[N+](=O)[O-]. The van der Waals surface area contributed by atoms with Gasteiger partial charge >= 0.3 is 0 Å². The van der Waals surface area contributed by atoms with E-state index in [0.717, 1.165) is 18.5 Å². The summed E-state index contributed by atoms with van der Waals surface area (Å²) < 4.78 is 0. The summed E-state index contributed by atoms with van der Waals surface area (Å²) in [4.78, 5) is 12.9. The van der Waals surface area contributed by atoms with Crippen LogP contribution >= 0.6 is 0 Å². The van der Waals surface area contributed by atoms with E-state index in [0.29, 0.717) is 18.3 Å². The van der Waals surface area contributed by atoms with E-state index in [1.54, 1.807) is 6.07 Å². The minimum absolute atomic E-state index is 0.145. The quantitative estimate of drug-likeness (QED) is 0.608. The molecule has 0 saturated heterocycles. The molecule has 0 aliphatic carbocycles. The highest BCUT2D eigenvalue weighted by molar-refractivity contribution is 5.65. The molecule has 0 aliphatic rings. The summed E-state index contributed by atoms with van der Waals surface area (Å²) in [5.41, 5.74) is 1.68. The molecule has 1 rings (SSSR count). The summed E-state index contributed by atoms with van der Waals surface area (Å²) in [6.45, 7) is 7.78. The van der Waals surface area contributed by atoms with Crippen molar-refractivity contribution in [1.82, 2.24) is 4.90 Å². The number of nitro groups is 1. The molecule has 0 radical (unpaired) electrons. The van der Waals surface area contributed by atoms with Crippen molar-refractivity contribution in [2.75, 3.05) is 25.5 Å². The van der Waals surface area contributed by atoms with E-state index in [-0.39, 0.29) is 10.6 Å². The van der Waals surface area contributed by atoms with Crippen LogP contribution in [-0.2, 0) is 0 Å². The molecular formula is C14H23N3O2. The van der Waals surface area contributed by atoms with Crippen LogP contribution in [0.5, 0.6) is 0 Å². The van der Waals surface area contributed by atoms with Crippen LogP contribution in [-0.4, -0.2) is 36.0 Å². The molecule has 106 valence electrons. The minimum Gasteiger partial charge on any atom is -0.378 e. The Morgan fingerprint density at radius 3 is 2.74 bits per heavy atom. The Kier molecular flexibility index (Phi) is 5.76. The molecule has 0 spiro atoms. The Morgan fingerprint density at radius 2 is 2.16 bits per heavy atom. The van der Waals surface area contributed by atoms with Crippen LogP contribution in [0.2, 0.25) is 0 Å². The van der Waals surface area contributed by atoms with Gasteiger partial charge in [-0.2, -0.15) is 0 Å². The zero-order chi connectivity index (χ0) is 14.4. The van der Waals surface area contributed by atoms with Crippen molar-refractivity contribution < 1.29 is 4.92 Å². The second-order valence-electron chi connectivity index (χ2n) is 4.89. The number of nitrogens with one attached hydrogen (secondary N) is 1. The lowest BCUT2D eigenvalue weighted by molar-refractivity contribution is -0.384. The largest absolute Gasteiger partial charge is 0.378 e. The third kappa shape index (κ3) is 4.21. The second kappa shape index (κ2) is 7.09. The van der Waals surface area contributed by atoms with Gasteiger partial charge in [-0.3, -0.25) is 10.1 Å². The van der Waals surface area contributed by atoms with E-state index in [9.17, 15) is 10.1 Å². The van der Waals surface area contributed by atoms with E-state index in [4.69, 9.17) is 0 Å². The van der Waals surface area contributed by atoms with Crippen LogP contribution < -0.4 is 5.32 Å². The molecule has 19 heavy (non-hydrogen) atoms. The first-order chi connectivity index (χ1) is 8.97. The van der Waals surface area contributed by atoms with E-state index in [2.05, 4.69) is 31.1 Å². The Bertz CT molecular complexity index is 435.